The molecule has 2 rings (SSSR count). The van der Waals surface area contributed by atoms with Crippen molar-refractivity contribution in [2.75, 3.05) is 23.7 Å². The summed E-state index contributed by atoms with van der Waals surface area (Å²) in [6.45, 7) is 2.81. The van der Waals surface area contributed by atoms with Gasteiger partial charge in [0.1, 0.15) is 12.6 Å². The largest absolute Gasteiger partial charge is 0.416 e. The normalized spacial score (nSPS) is 12.7. The van der Waals surface area contributed by atoms with Gasteiger partial charge in [0.2, 0.25) is 21.8 Å². The van der Waals surface area contributed by atoms with E-state index >= 15 is 0 Å². The summed E-state index contributed by atoms with van der Waals surface area (Å²) in [4.78, 5) is 27.7. The van der Waals surface area contributed by atoms with Crippen LogP contribution in [0.1, 0.15) is 37.8 Å². The van der Waals surface area contributed by atoms with Crippen molar-refractivity contribution in [2.24, 2.45) is 0 Å². The van der Waals surface area contributed by atoms with Crippen LogP contribution < -0.4 is 9.62 Å². The Bertz CT molecular complexity index is 1280. The van der Waals surface area contributed by atoms with Gasteiger partial charge in [-0.2, -0.15) is 13.2 Å². The third-order valence-corrected chi connectivity index (χ3v) is 7.68. The first-order valence-corrected chi connectivity index (χ1v) is 14.4. The molecule has 210 valence electrons. The summed E-state index contributed by atoms with van der Waals surface area (Å²) in [6, 6.07) is 5.75. The molecule has 14 heteroatoms. The number of halogens is 6. The second-order valence-electron chi connectivity index (χ2n) is 8.42. The van der Waals surface area contributed by atoms with E-state index in [0.29, 0.717) is 35.0 Å². The molecule has 1 N–H and O–H groups in total. The lowest BCUT2D eigenvalue weighted by Gasteiger charge is -2.33. The van der Waals surface area contributed by atoms with Crippen LogP contribution in [0.5, 0.6) is 0 Å². The highest BCUT2D eigenvalue weighted by Crippen LogP contribution is 2.36. The van der Waals surface area contributed by atoms with Crippen molar-refractivity contribution in [1.29, 1.82) is 0 Å². The second kappa shape index (κ2) is 13.2. The first-order valence-electron chi connectivity index (χ1n) is 11.5. The number of hydrogen-bond donors (Lipinski definition) is 1. The van der Waals surface area contributed by atoms with Crippen molar-refractivity contribution >= 4 is 62.3 Å². The maximum Gasteiger partial charge on any atom is 0.416 e. The van der Waals surface area contributed by atoms with Crippen LogP contribution in [-0.4, -0.2) is 50.5 Å². The third-order valence-electron chi connectivity index (χ3n) is 5.49. The zero-order valence-corrected chi connectivity index (χ0v) is 23.9. The maximum atomic E-state index is 13.6. The van der Waals surface area contributed by atoms with Gasteiger partial charge in [0.25, 0.3) is 0 Å². The molecule has 0 saturated carbocycles. The van der Waals surface area contributed by atoms with Crippen LogP contribution in [0.3, 0.4) is 0 Å². The van der Waals surface area contributed by atoms with E-state index in [4.69, 9.17) is 34.8 Å². The molecule has 0 saturated heterocycles. The Morgan fingerprint density at radius 3 is 2.16 bits per heavy atom. The van der Waals surface area contributed by atoms with Gasteiger partial charge < -0.3 is 10.2 Å². The molecule has 7 nitrogen and oxygen atoms in total. The molecule has 2 aromatic carbocycles. The molecule has 0 aliphatic rings. The van der Waals surface area contributed by atoms with Gasteiger partial charge in [-0.3, -0.25) is 13.9 Å². The Labute approximate surface area is 234 Å². The first-order chi connectivity index (χ1) is 17.6. The molecular weight excluding hydrogens is 590 g/mol. The summed E-state index contributed by atoms with van der Waals surface area (Å²) in [6.07, 6.45) is -3.23. The summed E-state index contributed by atoms with van der Waals surface area (Å²) >= 11 is 18.2. The molecule has 2 aromatic rings. The summed E-state index contributed by atoms with van der Waals surface area (Å²) in [5.41, 5.74) is -1.16. The predicted octanol–water partition coefficient (Wildman–Crippen LogP) is 5.77. The van der Waals surface area contributed by atoms with E-state index < -0.39 is 51.9 Å². The van der Waals surface area contributed by atoms with Crippen molar-refractivity contribution in [3.8, 4) is 0 Å². The molecule has 38 heavy (non-hydrogen) atoms. The number of carbonyl (C=O) groups is 2. The van der Waals surface area contributed by atoms with Gasteiger partial charge in [0, 0.05) is 13.1 Å². The van der Waals surface area contributed by atoms with E-state index in [1.807, 2.05) is 6.92 Å². The summed E-state index contributed by atoms with van der Waals surface area (Å²) in [7, 11) is -4.29. The Balaban J connectivity index is 2.55. The molecule has 0 aromatic heterocycles. The Morgan fingerprint density at radius 2 is 1.63 bits per heavy atom. The highest BCUT2D eigenvalue weighted by Gasteiger charge is 2.35. The summed E-state index contributed by atoms with van der Waals surface area (Å²) in [5, 5.41) is 2.88. The van der Waals surface area contributed by atoms with Crippen molar-refractivity contribution in [2.45, 2.75) is 45.5 Å². The zero-order chi connectivity index (χ0) is 28.8. The highest BCUT2D eigenvalue weighted by atomic mass is 35.5. The van der Waals surface area contributed by atoms with Gasteiger partial charge in [-0.05, 0) is 48.7 Å². The number of rotatable bonds is 11. The van der Waals surface area contributed by atoms with Crippen LogP contribution in [0, 0.1) is 0 Å². The fourth-order valence-electron chi connectivity index (χ4n) is 3.60. The fraction of sp³-hybridized carbons (Fsp3) is 0.417. The van der Waals surface area contributed by atoms with Crippen LogP contribution in [-0.2, 0) is 32.3 Å². The average Bonchev–Trinajstić information content (AvgIpc) is 2.82. The molecule has 0 aliphatic carbocycles. The number of nitrogens with zero attached hydrogens (tertiary/aromatic N) is 2. The SMILES string of the molecule is CCCNC(=O)C(CC)N(Cc1ccc(Cl)c(Cl)c1)C(=O)CN(c1cc(C(F)(F)F)ccc1Cl)S(C)(=O)=O. The lowest BCUT2D eigenvalue weighted by atomic mass is 10.1. The van der Waals surface area contributed by atoms with E-state index in [9.17, 15) is 31.2 Å². The molecular formula is C24H27Cl3F3N3O4S. The van der Waals surface area contributed by atoms with Gasteiger partial charge in [-0.15, -0.1) is 0 Å². The quantitative estimate of drug-likeness (QED) is 0.348. The van der Waals surface area contributed by atoms with Crippen molar-refractivity contribution in [3.05, 3.63) is 62.6 Å². The van der Waals surface area contributed by atoms with Crippen LogP contribution >= 0.6 is 34.8 Å². The van der Waals surface area contributed by atoms with Gasteiger partial charge in [0.15, 0.2) is 0 Å². The average molecular weight is 617 g/mol. The van der Waals surface area contributed by atoms with Crippen LogP contribution in [0.25, 0.3) is 0 Å². The first kappa shape index (κ1) is 32.0. The summed E-state index contributed by atoms with van der Waals surface area (Å²) in [5.74, 6) is -1.31. The minimum Gasteiger partial charge on any atom is -0.354 e. The number of anilines is 1. The standard InChI is InChI=1S/C24H27Cl3F3N3O4S/c1-4-10-31-23(35)20(5-2)32(13-15-6-8-17(25)19(27)11-15)22(34)14-33(38(3,36)37)21-12-16(24(28,29)30)7-9-18(21)26/h6-9,11-12,20H,4-5,10,13-14H2,1-3H3,(H,31,35). The van der Waals surface area contributed by atoms with E-state index in [0.717, 1.165) is 17.2 Å². The Hall–Kier alpha value is -2.21. The predicted molar refractivity (Wildman–Crippen MR) is 143 cm³/mol. The lowest BCUT2D eigenvalue weighted by Crippen LogP contribution is -2.52. The number of sulfonamides is 1. The highest BCUT2D eigenvalue weighted by molar-refractivity contribution is 7.92. The second-order valence-corrected chi connectivity index (χ2v) is 11.5. The number of hydrogen-bond acceptors (Lipinski definition) is 4. The van der Waals surface area contributed by atoms with Gasteiger partial charge >= 0.3 is 6.18 Å². The molecule has 2 amide bonds. The van der Waals surface area contributed by atoms with Gasteiger partial charge in [0.05, 0.1) is 32.6 Å². The zero-order valence-electron chi connectivity index (χ0n) is 20.8. The number of carbonyl (C=O) groups excluding carboxylic acids is 2. The minimum absolute atomic E-state index is 0.151. The Morgan fingerprint density at radius 1 is 1.00 bits per heavy atom. The van der Waals surface area contributed by atoms with E-state index in [1.54, 1.807) is 13.0 Å². The number of alkyl halides is 3. The molecule has 0 radical (unpaired) electrons. The summed E-state index contributed by atoms with van der Waals surface area (Å²) < 4.78 is 65.9. The van der Waals surface area contributed by atoms with Crippen LogP contribution in [0.4, 0.5) is 18.9 Å². The lowest BCUT2D eigenvalue weighted by molar-refractivity contribution is -0.140. The molecule has 0 fully saturated rings. The van der Waals surface area contributed by atoms with Crippen molar-refractivity contribution in [3.63, 3.8) is 0 Å². The van der Waals surface area contributed by atoms with Crippen molar-refractivity contribution < 1.29 is 31.2 Å². The smallest absolute Gasteiger partial charge is 0.354 e. The van der Waals surface area contributed by atoms with E-state index in [1.165, 1.54) is 12.1 Å². The van der Waals surface area contributed by atoms with E-state index in [2.05, 4.69) is 5.32 Å². The number of amides is 2. The molecule has 0 aliphatic heterocycles. The molecule has 0 spiro atoms. The van der Waals surface area contributed by atoms with Crippen LogP contribution in [0.2, 0.25) is 15.1 Å². The minimum atomic E-state index is -4.78. The van der Waals surface area contributed by atoms with Crippen molar-refractivity contribution in [1.82, 2.24) is 10.2 Å². The van der Waals surface area contributed by atoms with Gasteiger partial charge in [-0.25, -0.2) is 8.42 Å². The number of nitrogens with one attached hydrogen (secondary N) is 1. The third kappa shape index (κ3) is 8.39. The molecule has 0 bridgehead atoms. The monoisotopic (exact) mass is 615 g/mol. The Kier molecular flexibility index (Phi) is 11.1. The van der Waals surface area contributed by atoms with E-state index in [-0.39, 0.29) is 28.0 Å². The maximum absolute atomic E-state index is 13.6. The molecule has 0 heterocycles. The fourth-order valence-corrected chi connectivity index (χ4v) is 5.04. The molecule has 1 atom stereocenters. The molecule has 1 unspecified atom stereocenters. The van der Waals surface area contributed by atoms with Gasteiger partial charge in [-0.1, -0.05) is 54.7 Å². The number of benzene rings is 2. The van der Waals surface area contributed by atoms with Crippen LogP contribution in [0.15, 0.2) is 36.4 Å². The topological polar surface area (TPSA) is 86.8 Å².